The highest BCUT2D eigenvalue weighted by molar-refractivity contribution is 5.94. The summed E-state index contributed by atoms with van der Waals surface area (Å²) in [6.45, 7) is 2.16. The highest BCUT2D eigenvalue weighted by Gasteiger charge is 2.11. The van der Waals surface area contributed by atoms with Crippen molar-refractivity contribution in [1.29, 1.82) is 0 Å². The Balaban J connectivity index is 2.88. The third-order valence-electron chi connectivity index (χ3n) is 2.41. The minimum atomic E-state index is -0.110. The first-order chi connectivity index (χ1) is 7.60. The van der Waals surface area contributed by atoms with E-state index in [9.17, 15) is 4.79 Å². The van der Waals surface area contributed by atoms with Gasteiger partial charge in [-0.15, -0.1) is 0 Å². The predicted octanol–water partition coefficient (Wildman–Crippen LogP) is 0.345. The largest absolute Gasteiger partial charge is 0.395 e. The van der Waals surface area contributed by atoms with Gasteiger partial charge >= 0.3 is 0 Å². The Bertz CT molecular complexity index is 379. The zero-order valence-corrected chi connectivity index (χ0v) is 9.53. The molecule has 1 aromatic rings. The summed E-state index contributed by atoms with van der Waals surface area (Å²) in [6.07, 6.45) is 0. The van der Waals surface area contributed by atoms with Crippen molar-refractivity contribution in [2.75, 3.05) is 25.6 Å². The topological polar surface area (TPSA) is 78.6 Å². The number of aryl methyl sites for hydroxylation is 1. The molecule has 0 aliphatic rings. The first-order valence-electron chi connectivity index (χ1n) is 5.03. The number of nitrogens with zero attached hydrogens (tertiary/aromatic N) is 1. The summed E-state index contributed by atoms with van der Waals surface area (Å²) < 4.78 is 0. The summed E-state index contributed by atoms with van der Waals surface area (Å²) in [7, 11) is 1.66. The smallest absolute Gasteiger partial charge is 0.253 e. The lowest BCUT2D eigenvalue weighted by Crippen LogP contribution is -2.29. The molecule has 16 heavy (non-hydrogen) atoms. The monoisotopic (exact) mass is 223 g/mol. The molecule has 1 rings (SSSR count). The van der Waals surface area contributed by atoms with Crippen LogP contribution in [-0.2, 0) is 0 Å². The van der Waals surface area contributed by atoms with Crippen LogP contribution in [0.2, 0.25) is 0 Å². The number of hydrogen-bond donors (Lipinski definition) is 3. The molecule has 1 aromatic carbocycles. The average molecular weight is 223 g/mol. The molecule has 5 nitrogen and oxygen atoms in total. The van der Waals surface area contributed by atoms with Gasteiger partial charge in [-0.3, -0.25) is 10.6 Å². The molecule has 0 atom stereocenters. The third kappa shape index (κ3) is 2.71. The summed E-state index contributed by atoms with van der Waals surface area (Å²) >= 11 is 0. The number of hydrogen-bond acceptors (Lipinski definition) is 4. The van der Waals surface area contributed by atoms with E-state index in [-0.39, 0.29) is 12.5 Å². The van der Waals surface area contributed by atoms with Crippen LogP contribution in [0, 0.1) is 6.92 Å². The number of aliphatic hydroxyl groups excluding tert-OH is 1. The second kappa shape index (κ2) is 5.48. The van der Waals surface area contributed by atoms with Crippen molar-refractivity contribution in [1.82, 2.24) is 4.90 Å². The molecule has 0 spiro atoms. The molecule has 0 saturated heterocycles. The standard InChI is InChI=1S/C11H17N3O2/c1-8-7-9(3-4-10(8)13-12)11(16)14(2)5-6-15/h3-4,7,13,15H,5-6,12H2,1-2H3. The van der Waals surface area contributed by atoms with Crippen LogP contribution in [0.15, 0.2) is 18.2 Å². The molecule has 5 heteroatoms. The maximum atomic E-state index is 11.8. The van der Waals surface area contributed by atoms with E-state index >= 15 is 0 Å². The van der Waals surface area contributed by atoms with E-state index in [2.05, 4.69) is 5.43 Å². The first kappa shape index (κ1) is 12.5. The van der Waals surface area contributed by atoms with Crippen molar-refractivity contribution >= 4 is 11.6 Å². The Morgan fingerprint density at radius 3 is 2.75 bits per heavy atom. The fourth-order valence-electron chi connectivity index (χ4n) is 1.43. The SMILES string of the molecule is Cc1cc(C(=O)N(C)CCO)ccc1NN. The summed E-state index contributed by atoms with van der Waals surface area (Å²) in [4.78, 5) is 13.3. The second-order valence-electron chi connectivity index (χ2n) is 3.62. The number of nitrogens with one attached hydrogen (secondary N) is 1. The van der Waals surface area contributed by atoms with Crippen molar-refractivity contribution in [3.05, 3.63) is 29.3 Å². The van der Waals surface area contributed by atoms with Crippen molar-refractivity contribution in [3.63, 3.8) is 0 Å². The Morgan fingerprint density at radius 1 is 1.56 bits per heavy atom. The molecular formula is C11H17N3O2. The molecular weight excluding hydrogens is 206 g/mol. The number of carbonyl (C=O) groups is 1. The maximum absolute atomic E-state index is 11.8. The van der Waals surface area contributed by atoms with Gasteiger partial charge in [-0.25, -0.2) is 0 Å². The van der Waals surface area contributed by atoms with Crippen LogP contribution in [0.25, 0.3) is 0 Å². The van der Waals surface area contributed by atoms with Crippen LogP contribution >= 0.6 is 0 Å². The quantitative estimate of drug-likeness (QED) is 0.508. The van der Waals surface area contributed by atoms with E-state index in [1.54, 1.807) is 25.2 Å². The molecule has 1 amide bonds. The molecule has 0 heterocycles. The molecule has 0 aliphatic carbocycles. The lowest BCUT2D eigenvalue weighted by Gasteiger charge is -2.16. The van der Waals surface area contributed by atoms with E-state index in [0.717, 1.165) is 11.3 Å². The van der Waals surface area contributed by atoms with Crippen molar-refractivity contribution in [2.45, 2.75) is 6.92 Å². The number of hydrazine groups is 1. The van der Waals surface area contributed by atoms with Gasteiger partial charge in [0.2, 0.25) is 0 Å². The summed E-state index contributed by atoms with van der Waals surface area (Å²) in [5.41, 5.74) is 4.84. The summed E-state index contributed by atoms with van der Waals surface area (Å²) in [6, 6.07) is 5.24. The summed E-state index contributed by atoms with van der Waals surface area (Å²) in [5.74, 6) is 5.20. The molecule has 0 saturated carbocycles. The highest BCUT2D eigenvalue weighted by atomic mass is 16.3. The number of anilines is 1. The van der Waals surface area contributed by atoms with Gasteiger partial charge in [0, 0.05) is 19.2 Å². The van der Waals surface area contributed by atoms with E-state index in [1.807, 2.05) is 6.92 Å². The van der Waals surface area contributed by atoms with E-state index in [1.165, 1.54) is 4.90 Å². The molecule has 0 aliphatic heterocycles. The highest BCUT2D eigenvalue weighted by Crippen LogP contribution is 2.16. The molecule has 0 bridgehead atoms. The average Bonchev–Trinajstić information content (AvgIpc) is 2.28. The Labute approximate surface area is 94.8 Å². The van der Waals surface area contributed by atoms with Crippen molar-refractivity contribution in [3.8, 4) is 0 Å². The zero-order chi connectivity index (χ0) is 12.1. The van der Waals surface area contributed by atoms with Gasteiger partial charge in [-0.05, 0) is 30.7 Å². The second-order valence-corrected chi connectivity index (χ2v) is 3.62. The van der Waals surface area contributed by atoms with Crippen LogP contribution in [0.1, 0.15) is 15.9 Å². The fraction of sp³-hybridized carbons (Fsp3) is 0.364. The fourth-order valence-corrected chi connectivity index (χ4v) is 1.43. The van der Waals surface area contributed by atoms with Crippen LogP contribution in [0.4, 0.5) is 5.69 Å². The van der Waals surface area contributed by atoms with Gasteiger partial charge in [0.05, 0.1) is 12.3 Å². The van der Waals surface area contributed by atoms with E-state index < -0.39 is 0 Å². The first-order valence-corrected chi connectivity index (χ1v) is 5.03. The van der Waals surface area contributed by atoms with Crippen LogP contribution in [0.5, 0.6) is 0 Å². The van der Waals surface area contributed by atoms with Gasteiger partial charge < -0.3 is 15.4 Å². The molecule has 0 unspecified atom stereocenters. The maximum Gasteiger partial charge on any atom is 0.253 e. The van der Waals surface area contributed by atoms with Crippen LogP contribution < -0.4 is 11.3 Å². The number of likely N-dealkylation sites (N-methyl/N-ethyl adjacent to an activating group) is 1. The lowest BCUT2D eigenvalue weighted by atomic mass is 10.1. The Hall–Kier alpha value is -1.59. The Kier molecular flexibility index (Phi) is 4.28. The number of benzene rings is 1. The van der Waals surface area contributed by atoms with Crippen LogP contribution in [0.3, 0.4) is 0 Å². The van der Waals surface area contributed by atoms with Gasteiger partial charge in [0.1, 0.15) is 0 Å². The number of nitrogen functional groups attached to an aromatic ring is 1. The molecule has 88 valence electrons. The third-order valence-corrected chi connectivity index (χ3v) is 2.41. The lowest BCUT2D eigenvalue weighted by molar-refractivity contribution is 0.0767. The minimum absolute atomic E-state index is 0.0380. The molecule has 0 aromatic heterocycles. The molecule has 0 fully saturated rings. The number of amides is 1. The molecule has 0 radical (unpaired) electrons. The zero-order valence-electron chi connectivity index (χ0n) is 9.53. The number of rotatable bonds is 4. The van der Waals surface area contributed by atoms with Gasteiger partial charge in [-0.2, -0.15) is 0 Å². The Morgan fingerprint density at radius 2 is 2.25 bits per heavy atom. The van der Waals surface area contributed by atoms with E-state index in [4.69, 9.17) is 10.9 Å². The number of aliphatic hydroxyl groups is 1. The predicted molar refractivity (Wildman–Crippen MR) is 63.0 cm³/mol. The van der Waals surface area contributed by atoms with E-state index in [0.29, 0.717) is 12.1 Å². The normalized spacial score (nSPS) is 10.0. The van der Waals surface area contributed by atoms with Crippen molar-refractivity contribution < 1.29 is 9.90 Å². The van der Waals surface area contributed by atoms with Crippen molar-refractivity contribution in [2.24, 2.45) is 5.84 Å². The van der Waals surface area contributed by atoms with Gasteiger partial charge in [0.15, 0.2) is 0 Å². The molecule has 4 N–H and O–H groups in total. The van der Waals surface area contributed by atoms with Gasteiger partial charge in [0.25, 0.3) is 5.91 Å². The minimum Gasteiger partial charge on any atom is -0.395 e. The summed E-state index contributed by atoms with van der Waals surface area (Å²) in [5, 5.41) is 8.75. The number of carbonyl (C=O) groups excluding carboxylic acids is 1. The van der Waals surface area contributed by atoms with Crippen LogP contribution in [-0.4, -0.2) is 36.1 Å². The number of nitrogens with two attached hydrogens (primary N) is 1. The van der Waals surface area contributed by atoms with Gasteiger partial charge in [-0.1, -0.05) is 0 Å².